The second-order valence-electron chi connectivity index (χ2n) is 3.68. The Morgan fingerprint density at radius 1 is 1.00 bits per heavy atom. The highest BCUT2D eigenvalue weighted by Crippen LogP contribution is 2.25. The number of rotatable bonds is 1. The van der Waals surface area contributed by atoms with E-state index < -0.39 is 0 Å². The summed E-state index contributed by atoms with van der Waals surface area (Å²) in [5, 5.41) is 8.14. The molecule has 0 saturated heterocycles. The Bertz CT molecular complexity index is 708. The van der Waals surface area contributed by atoms with Crippen molar-refractivity contribution in [3.8, 4) is 11.3 Å². The SMILES string of the molecule is S=c1ccc(-c2cccc3ncccc23)n[nH]1. The monoisotopic (exact) mass is 239 g/mol. The highest BCUT2D eigenvalue weighted by molar-refractivity contribution is 7.71. The number of benzene rings is 1. The van der Waals surface area contributed by atoms with E-state index in [2.05, 4.69) is 15.2 Å². The van der Waals surface area contributed by atoms with Crippen LogP contribution in [0.3, 0.4) is 0 Å². The minimum atomic E-state index is 0.632. The quantitative estimate of drug-likeness (QED) is 0.662. The molecule has 82 valence electrons. The average Bonchev–Trinajstić information content (AvgIpc) is 2.39. The van der Waals surface area contributed by atoms with Crippen molar-refractivity contribution < 1.29 is 0 Å². The van der Waals surface area contributed by atoms with Gasteiger partial charge in [-0.15, -0.1) is 0 Å². The van der Waals surface area contributed by atoms with Gasteiger partial charge in [-0.25, -0.2) is 0 Å². The van der Waals surface area contributed by atoms with E-state index in [-0.39, 0.29) is 0 Å². The molecule has 0 aliphatic carbocycles. The van der Waals surface area contributed by atoms with Crippen LogP contribution in [0.15, 0.2) is 48.7 Å². The molecule has 0 radical (unpaired) electrons. The van der Waals surface area contributed by atoms with E-state index in [0.717, 1.165) is 22.2 Å². The summed E-state index contributed by atoms with van der Waals surface area (Å²) in [5.74, 6) is 0. The van der Waals surface area contributed by atoms with Crippen LogP contribution in [0.1, 0.15) is 0 Å². The fourth-order valence-corrected chi connectivity index (χ4v) is 1.93. The average molecular weight is 239 g/mol. The molecule has 2 heterocycles. The van der Waals surface area contributed by atoms with E-state index >= 15 is 0 Å². The van der Waals surface area contributed by atoms with E-state index in [1.54, 1.807) is 6.20 Å². The molecular weight excluding hydrogens is 230 g/mol. The summed E-state index contributed by atoms with van der Waals surface area (Å²) in [6, 6.07) is 13.7. The topological polar surface area (TPSA) is 41.6 Å². The normalized spacial score (nSPS) is 10.6. The van der Waals surface area contributed by atoms with Crippen LogP contribution in [0.5, 0.6) is 0 Å². The lowest BCUT2D eigenvalue weighted by Crippen LogP contribution is -1.89. The first-order valence-electron chi connectivity index (χ1n) is 5.24. The third-order valence-corrected chi connectivity index (χ3v) is 2.83. The van der Waals surface area contributed by atoms with Crippen molar-refractivity contribution in [2.75, 3.05) is 0 Å². The van der Waals surface area contributed by atoms with Crippen molar-refractivity contribution >= 4 is 23.1 Å². The van der Waals surface area contributed by atoms with Gasteiger partial charge < -0.3 is 0 Å². The maximum atomic E-state index is 4.99. The Labute approximate surface area is 103 Å². The zero-order valence-electron chi connectivity index (χ0n) is 8.92. The van der Waals surface area contributed by atoms with Crippen LogP contribution in [-0.2, 0) is 0 Å². The Balaban J connectivity index is 2.30. The van der Waals surface area contributed by atoms with Gasteiger partial charge in [-0.2, -0.15) is 5.10 Å². The number of aromatic nitrogens is 3. The van der Waals surface area contributed by atoms with Gasteiger partial charge in [-0.1, -0.05) is 30.4 Å². The molecule has 1 N–H and O–H groups in total. The van der Waals surface area contributed by atoms with Crippen LogP contribution in [0, 0.1) is 4.64 Å². The molecule has 0 atom stereocenters. The summed E-state index contributed by atoms with van der Waals surface area (Å²) in [4.78, 5) is 4.33. The van der Waals surface area contributed by atoms with E-state index in [4.69, 9.17) is 12.2 Å². The minimum Gasteiger partial charge on any atom is -0.267 e. The van der Waals surface area contributed by atoms with Gasteiger partial charge in [-0.3, -0.25) is 10.1 Å². The number of nitrogens with one attached hydrogen (secondary N) is 1. The molecular formula is C13H9N3S. The Hall–Kier alpha value is -2.07. The summed E-state index contributed by atoms with van der Waals surface area (Å²) in [6.07, 6.45) is 1.79. The lowest BCUT2D eigenvalue weighted by atomic mass is 10.1. The molecule has 0 bridgehead atoms. The first-order valence-corrected chi connectivity index (χ1v) is 5.65. The Kier molecular flexibility index (Phi) is 2.42. The van der Waals surface area contributed by atoms with Gasteiger partial charge in [0.15, 0.2) is 0 Å². The summed E-state index contributed by atoms with van der Waals surface area (Å²) in [6.45, 7) is 0. The van der Waals surface area contributed by atoms with Crippen molar-refractivity contribution in [2.24, 2.45) is 0 Å². The van der Waals surface area contributed by atoms with Gasteiger partial charge in [0.2, 0.25) is 0 Å². The summed E-state index contributed by atoms with van der Waals surface area (Å²) in [7, 11) is 0. The summed E-state index contributed by atoms with van der Waals surface area (Å²) < 4.78 is 0.632. The van der Waals surface area contributed by atoms with Crippen LogP contribution in [0.4, 0.5) is 0 Å². The van der Waals surface area contributed by atoms with Crippen molar-refractivity contribution in [1.29, 1.82) is 0 Å². The van der Waals surface area contributed by atoms with Gasteiger partial charge in [0.05, 0.1) is 11.2 Å². The fraction of sp³-hybridized carbons (Fsp3) is 0. The molecule has 4 heteroatoms. The second-order valence-corrected chi connectivity index (χ2v) is 4.12. The highest BCUT2D eigenvalue weighted by atomic mass is 32.1. The molecule has 0 saturated carbocycles. The predicted octanol–water partition coefficient (Wildman–Crippen LogP) is 3.35. The highest BCUT2D eigenvalue weighted by Gasteiger charge is 2.04. The van der Waals surface area contributed by atoms with Gasteiger partial charge in [-0.05, 0) is 24.3 Å². The van der Waals surface area contributed by atoms with Gasteiger partial charge >= 0.3 is 0 Å². The molecule has 2 aromatic heterocycles. The summed E-state index contributed by atoms with van der Waals surface area (Å²) >= 11 is 4.99. The van der Waals surface area contributed by atoms with Crippen LogP contribution >= 0.6 is 12.2 Å². The second kappa shape index (κ2) is 4.07. The summed E-state index contributed by atoms with van der Waals surface area (Å²) in [5.41, 5.74) is 2.90. The predicted molar refractivity (Wildman–Crippen MR) is 70.2 cm³/mol. The van der Waals surface area contributed by atoms with Gasteiger partial charge in [0, 0.05) is 17.1 Å². The molecule has 1 aromatic carbocycles. The molecule has 0 unspecified atom stereocenters. The molecule has 0 spiro atoms. The van der Waals surface area contributed by atoms with E-state index in [0.29, 0.717) is 4.64 Å². The maximum absolute atomic E-state index is 4.99. The third-order valence-electron chi connectivity index (χ3n) is 2.60. The maximum Gasteiger partial charge on any atom is 0.119 e. The lowest BCUT2D eigenvalue weighted by molar-refractivity contribution is 1.02. The first-order chi connectivity index (χ1) is 8.34. The number of hydrogen-bond acceptors (Lipinski definition) is 3. The van der Waals surface area contributed by atoms with Crippen molar-refractivity contribution in [3.63, 3.8) is 0 Å². The van der Waals surface area contributed by atoms with E-state index in [1.165, 1.54) is 0 Å². The largest absolute Gasteiger partial charge is 0.267 e. The third kappa shape index (κ3) is 1.83. The number of aromatic amines is 1. The van der Waals surface area contributed by atoms with Crippen LogP contribution < -0.4 is 0 Å². The lowest BCUT2D eigenvalue weighted by Gasteiger charge is -2.04. The van der Waals surface area contributed by atoms with Crippen LogP contribution in [0.25, 0.3) is 22.2 Å². The fourth-order valence-electron chi connectivity index (χ4n) is 1.82. The number of H-pyrrole nitrogens is 1. The standard InChI is InChI=1S/C13H9N3S/c17-13-7-6-12(15-16-13)10-3-1-5-11-9(10)4-2-8-14-11/h1-8H,(H,16,17). The zero-order valence-corrected chi connectivity index (χ0v) is 9.74. The van der Waals surface area contributed by atoms with Crippen molar-refractivity contribution in [3.05, 3.63) is 53.3 Å². The minimum absolute atomic E-state index is 0.632. The van der Waals surface area contributed by atoms with Gasteiger partial charge in [0.1, 0.15) is 4.64 Å². The molecule has 3 rings (SSSR count). The number of fused-ring (bicyclic) bond motifs is 1. The number of nitrogens with zero attached hydrogens (tertiary/aromatic N) is 2. The van der Waals surface area contributed by atoms with Gasteiger partial charge in [0.25, 0.3) is 0 Å². The molecule has 3 nitrogen and oxygen atoms in total. The molecule has 0 amide bonds. The molecule has 3 aromatic rings. The van der Waals surface area contributed by atoms with Crippen LogP contribution in [0.2, 0.25) is 0 Å². The van der Waals surface area contributed by atoms with Crippen molar-refractivity contribution in [1.82, 2.24) is 15.2 Å². The van der Waals surface area contributed by atoms with Crippen molar-refractivity contribution in [2.45, 2.75) is 0 Å². The first kappa shape index (κ1) is 10.1. The smallest absolute Gasteiger partial charge is 0.119 e. The molecule has 17 heavy (non-hydrogen) atoms. The van der Waals surface area contributed by atoms with Crippen LogP contribution in [-0.4, -0.2) is 15.2 Å². The molecule has 0 aliphatic rings. The number of pyridine rings is 1. The van der Waals surface area contributed by atoms with E-state index in [1.807, 2.05) is 42.5 Å². The number of hydrogen-bond donors (Lipinski definition) is 1. The molecule has 0 aliphatic heterocycles. The van der Waals surface area contributed by atoms with E-state index in [9.17, 15) is 0 Å². The Morgan fingerprint density at radius 3 is 2.76 bits per heavy atom. The zero-order chi connectivity index (χ0) is 11.7. The Morgan fingerprint density at radius 2 is 1.94 bits per heavy atom. The molecule has 0 fully saturated rings.